The number of sulfonamides is 1. The van der Waals surface area contributed by atoms with Gasteiger partial charge in [-0.05, 0) is 26.0 Å². The monoisotopic (exact) mass is 446 g/mol. The van der Waals surface area contributed by atoms with Gasteiger partial charge in [0, 0.05) is 29.5 Å². The zero-order valence-electron chi connectivity index (χ0n) is 16.2. The molecule has 0 unspecified atom stereocenters. The molecule has 0 saturated heterocycles. The summed E-state index contributed by atoms with van der Waals surface area (Å²) >= 11 is 1.23. The summed E-state index contributed by atoms with van der Waals surface area (Å²) in [6.45, 7) is 3.57. The van der Waals surface area contributed by atoms with Crippen LogP contribution in [0.15, 0.2) is 39.8 Å². The summed E-state index contributed by atoms with van der Waals surface area (Å²) < 4.78 is 32.3. The lowest BCUT2D eigenvalue weighted by Gasteiger charge is -2.25. The van der Waals surface area contributed by atoms with Gasteiger partial charge in [-0.3, -0.25) is 14.9 Å². The number of anilines is 1. The van der Waals surface area contributed by atoms with E-state index in [1.807, 2.05) is 0 Å². The molecule has 3 heterocycles. The van der Waals surface area contributed by atoms with E-state index in [2.05, 4.69) is 15.5 Å². The third-order valence-corrected chi connectivity index (χ3v) is 7.53. The largest absolute Gasteiger partial charge is 0.361 e. The average Bonchev–Trinajstić information content (AvgIpc) is 3.32. The third-order valence-electron chi connectivity index (χ3n) is 4.68. The molecule has 0 aliphatic carbocycles. The normalized spacial score (nSPS) is 14.3. The topological polar surface area (TPSA) is 122 Å². The average molecular weight is 447 g/mol. The fourth-order valence-electron chi connectivity index (χ4n) is 3.08. The summed E-state index contributed by atoms with van der Waals surface area (Å²) in [5.41, 5.74) is 1.38. The van der Waals surface area contributed by atoms with Gasteiger partial charge in [0.1, 0.15) is 5.76 Å². The molecule has 1 aliphatic rings. The third kappa shape index (κ3) is 3.91. The van der Waals surface area contributed by atoms with Crippen LogP contribution in [0.1, 0.15) is 44.1 Å². The molecule has 1 N–H and O–H groups in total. The molecule has 0 atom stereocenters. The molecular formula is C19H18N4O5S2. The predicted molar refractivity (Wildman–Crippen MR) is 109 cm³/mol. The molecule has 11 heteroatoms. The molecule has 1 amide bonds. The van der Waals surface area contributed by atoms with Crippen LogP contribution < -0.4 is 5.32 Å². The van der Waals surface area contributed by atoms with Crippen molar-refractivity contribution in [2.24, 2.45) is 0 Å². The van der Waals surface area contributed by atoms with Crippen molar-refractivity contribution in [2.75, 3.05) is 11.9 Å². The molecule has 3 aromatic rings. The first-order valence-corrected chi connectivity index (χ1v) is 11.3. The van der Waals surface area contributed by atoms with Gasteiger partial charge < -0.3 is 4.52 Å². The summed E-state index contributed by atoms with van der Waals surface area (Å²) in [5, 5.41) is 6.73. The Labute approximate surface area is 176 Å². The number of hydrogen-bond acceptors (Lipinski definition) is 8. The Morgan fingerprint density at radius 2 is 1.97 bits per heavy atom. The number of ketones is 1. The first-order valence-electron chi connectivity index (χ1n) is 9.08. The number of nitrogens with one attached hydrogen (secondary N) is 1. The van der Waals surface area contributed by atoms with Gasteiger partial charge in [-0.2, -0.15) is 4.31 Å². The Hall–Kier alpha value is -2.89. The molecule has 1 aliphatic heterocycles. The molecule has 156 valence electrons. The summed E-state index contributed by atoms with van der Waals surface area (Å²) in [4.78, 5) is 29.0. The van der Waals surface area contributed by atoms with Gasteiger partial charge in [0.2, 0.25) is 10.0 Å². The Balaban J connectivity index is 1.50. The van der Waals surface area contributed by atoms with Crippen molar-refractivity contribution in [3.8, 4) is 0 Å². The molecule has 0 saturated carbocycles. The second-order valence-electron chi connectivity index (χ2n) is 6.83. The molecule has 0 spiro atoms. The quantitative estimate of drug-likeness (QED) is 0.598. The highest BCUT2D eigenvalue weighted by molar-refractivity contribution is 7.89. The molecule has 0 fully saturated rings. The number of aromatic nitrogens is 2. The van der Waals surface area contributed by atoms with Gasteiger partial charge in [-0.15, -0.1) is 11.3 Å². The standard InChI is InChI=1S/C19H18N4O5S2/c1-11-9-16(22-28-11)18(25)21-19-20-15-7-8-23(10-17(15)29-19)30(26,27)14-5-3-13(4-6-14)12(2)24/h3-6,9H,7-8,10H2,1-2H3,(H,20,21,25). The van der Waals surface area contributed by atoms with E-state index in [9.17, 15) is 18.0 Å². The van der Waals surface area contributed by atoms with Gasteiger partial charge in [0.25, 0.3) is 5.91 Å². The maximum absolute atomic E-state index is 13.0. The molecule has 2 aromatic heterocycles. The van der Waals surface area contributed by atoms with Crippen LogP contribution in [0.5, 0.6) is 0 Å². The molecule has 0 radical (unpaired) electrons. The van der Waals surface area contributed by atoms with E-state index < -0.39 is 15.9 Å². The highest BCUT2D eigenvalue weighted by Gasteiger charge is 2.30. The van der Waals surface area contributed by atoms with Crippen LogP contribution in [0.25, 0.3) is 0 Å². The molecule has 4 rings (SSSR count). The number of rotatable bonds is 5. The SMILES string of the molecule is CC(=O)c1ccc(S(=O)(=O)N2CCc3nc(NC(=O)c4cc(C)on4)sc3C2)cc1. The summed E-state index contributed by atoms with van der Waals surface area (Å²) in [6, 6.07) is 7.43. The summed E-state index contributed by atoms with van der Waals surface area (Å²) in [7, 11) is -3.71. The fourth-order valence-corrected chi connectivity index (χ4v) is 5.59. The summed E-state index contributed by atoms with van der Waals surface area (Å²) in [6.07, 6.45) is 0.440. The zero-order chi connectivity index (χ0) is 21.5. The van der Waals surface area contributed by atoms with Crippen molar-refractivity contribution in [1.29, 1.82) is 0 Å². The molecule has 30 heavy (non-hydrogen) atoms. The molecule has 0 bridgehead atoms. The van der Waals surface area contributed by atoms with Gasteiger partial charge in [0.15, 0.2) is 16.6 Å². The first kappa shape index (κ1) is 20.4. The minimum atomic E-state index is -3.71. The Kier molecular flexibility index (Phi) is 5.26. The minimum Gasteiger partial charge on any atom is -0.361 e. The number of thiazole rings is 1. The predicted octanol–water partition coefficient (Wildman–Crippen LogP) is 2.64. The Morgan fingerprint density at radius 3 is 2.60 bits per heavy atom. The van der Waals surface area contributed by atoms with Crippen molar-refractivity contribution < 1.29 is 22.5 Å². The number of fused-ring (bicyclic) bond motifs is 1. The van der Waals surface area contributed by atoms with Crippen LogP contribution in [0, 0.1) is 6.92 Å². The first-order chi connectivity index (χ1) is 14.2. The van der Waals surface area contributed by atoms with Crippen LogP contribution in [0.4, 0.5) is 5.13 Å². The van der Waals surface area contributed by atoms with E-state index in [-0.39, 0.29) is 29.5 Å². The van der Waals surface area contributed by atoms with Crippen molar-refractivity contribution in [2.45, 2.75) is 31.7 Å². The van der Waals surface area contributed by atoms with Crippen LogP contribution >= 0.6 is 11.3 Å². The van der Waals surface area contributed by atoms with E-state index in [4.69, 9.17) is 4.52 Å². The van der Waals surface area contributed by atoms with Crippen LogP contribution in [-0.4, -0.2) is 41.1 Å². The number of aryl methyl sites for hydroxylation is 1. The highest BCUT2D eigenvalue weighted by atomic mass is 32.2. The van der Waals surface area contributed by atoms with Gasteiger partial charge in [-0.1, -0.05) is 17.3 Å². The van der Waals surface area contributed by atoms with Crippen LogP contribution in [0.3, 0.4) is 0 Å². The number of nitrogens with zero attached hydrogens (tertiary/aromatic N) is 3. The van der Waals surface area contributed by atoms with Crippen molar-refractivity contribution in [3.05, 3.63) is 57.9 Å². The number of carbonyl (C=O) groups excluding carboxylic acids is 2. The number of carbonyl (C=O) groups is 2. The maximum atomic E-state index is 13.0. The van der Waals surface area contributed by atoms with Gasteiger partial charge in [0.05, 0.1) is 17.1 Å². The number of hydrogen-bond donors (Lipinski definition) is 1. The van der Waals surface area contributed by atoms with Crippen molar-refractivity contribution in [1.82, 2.24) is 14.4 Å². The number of benzene rings is 1. The Morgan fingerprint density at radius 1 is 1.23 bits per heavy atom. The minimum absolute atomic E-state index is 0.124. The van der Waals surface area contributed by atoms with E-state index in [1.54, 1.807) is 6.92 Å². The van der Waals surface area contributed by atoms with Crippen LogP contribution in [0.2, 0.25) is 0 Å². The highest BCUT2D eigenvalue weighted by Crippen LogP contribution is 2.31. The summed E-state index contributed by atoms with van der Waals surface area (Å²) in [5.74, 6) is -0.0367. The Bertz CT molecular complexity index is 1230. The lowest BCUT2D eigenvalue weighted by molar-refractivity contribution is 0.100. The van der Waals surface area contributed by atoms with E-state index >= 15 is 0 Å². The smallest absolute Gasteiger partial charge is 0.279 e. The van der Waals surface area contributed by atoms with Gasteiger partial charge >= 0.3 is 0 Å². The van der Waals surface area contributed by atoms with Crippen LogP contribution in [-0.2, 0) is 23.0 Å². The fraction of sp³-hybridized carbons (Fsp3) is 0.263. The molecule has 1 aromatic carbocycles. The van der Waals surface area contributed by atoms with E-state index in [0.717, 1.165) is 10.6 Å². The zero-order valence-corrected chi connectivity index (χ0v) is 17.8. The van der Waals surface area contributed by atoms with E-state index in [0.29, 0.717) is 22.9 Å². The number of amides is 1. The lowest BCUT2D eigenvalue weighted by Crippen LogP contribution is -2.35. The molecular weight excluding hydrogens is 428 g/mol. The number of Topliss-reactive ketones (excluding diaryl/α,β-unsaturated/α-hetero) is 1. The van der Waals surface area contributed by atoms with E-state index in [1.165, 1.54) is 52.9 Å². The maximum Gasteiger partial charge on any atom is 0.279 e. The lowest BCUT2D eigenvalue weighted by atomic mass is 10.2. The molecule has 9 nitrogen and oxygen atoms in total. The van der Waals surface area contributed by atoms with Crippen molar-refractivity contribution >= 4 is 38.2 Å². The second-order valence-corrected chi connectivity index (χ2v) is 9.86. The van der Waals surface area contributed by atoms with Gasteiger partial charge in [-0.25, -0.2) is 13.4 Å². The second kappa shape index (κ2) is 7.74. The van der Waals surface area contributed by atoms with Crippen molar-refractivity contribution in [3.63, 3.8) is 0 Å².